The van der Waals surface area contributed by atoms with Crippen LogP contribution in [0.1, 0.15) is 49.0 Å². The molecule has 2 aliphatic heterocycles. The van der Waals surface area contributed by atoms with E-state index in [1.165, 1.54) is 0 Å². The van der Waals surface area contributed by atoms with Crippen molar-refractivity contribution in [1.29, 1.82) is 0 Å². The predicted molar refractivity (Wildman–Crippen MR) is 122 cm³/mol. The van der Waals surface area contributed by atoms with Gasteiger partial charge in [-0.25, -0.2) is 0 Å². The molecular formula is C25H30N4O3. The lowest BCUT2D eigenvalue weighted by atomic mass is 9.87. The molecule has 4 atom stereocenters. The van der Waals surface area contributed by atoms with E-state index in [2.05, 4.69) is 15.2 Å². The summed E-state index contributed by atoms with van der Waals surface area (Å²) in [7, 11) is 0. The maximum Gasteiger partial charge on any atom is 0.258 e. The summed E-state index contributed by atoms with van der Waals surface area (Å²) in [4.78, 5) is 32.8. The summed E-state index contributed by atoms with van der Waals surface area (Å²) in [6, 6.07) is 7.52. The molecule has 0 spiro atoms. The number of aliphatic hydroxyl groups excluding tert-OH is 1. The molecule has 1 amide bonds. The van der Waals surface area contributed by atoms with Crippen molar-refractivity contribution in [3.8, 4) is 0 Å². The van der Waals surface area contributed by atoms with Gasteiger partial charge in [0.25, 0.3) is 5.56 Å². The molecule has 5 rings (SSSR count). The third-order valence-electron chi connectivity index (χ3n) is 7.40. The quantitative estimate of drug-likeness (QED) is 0.727. The number of fused-ring (bicyclic) bond motifs is 3. The normalized spacial score (nSPS) is 27.3. The second kappa shape index (κ2) is 8.64. The summed E-state index contributed by atoms with van der Waals surface area (Å²) >= 11 is 0. The monoisotopic (exact) mass is 434 g/mol. The van der Waals surface area contributed by atoms with Crippen LogP contribution in [-0.2, 0) is 17.9 Å². The molecule has 0 aromatic carbocycles. The highest BCUT2D eigenvalue weighted by atomic mass is 16.3. The first kappa shape index (κ1) is 21.1. The lowest BCUT2D eigenvalue weighted by Gasteiger charge is -2.34. The number of aromatic nitrogens is 2. The van der Waals surface area contributed by atoms with Gasteiger partial charge in [-0.1, -0.05) is 12.2 Å². The number of carbonyl (C=O) groups excluding carboxylic acids is 1. The van der Waals surface area contributed by atoms with Gasteiger partial charge in [0.05, 0.1) is 12.1 Å². The van der Waals surface area contributed by atoms with E-state index in [0.717, 1.165) is 30.5 Å². The zero-order valence-corrected chi connectivity index (χ0v) is 18.4. The van der Waals surface area contributed by atoms with Crippen molar-refractivity contribution in [2.24, 2.45) is 11.8 Å². The topological polar surface area (TPSA) is 87.5 Å². The third kappa shape index (κ3) is 3.49. The van der Waals surface area contributed by atoms with Gasteiger partial charge < -0.3 is 15.0 Å². The van der Waals surface area contributed by atoms with Gasteiger partial charge in [-0.2, -0.15) is 0 Å². The first-order valence-electron chi connectivity index (χ1n) is 11.5. The Bertz CT molecular complexity index is 1080. The minimum absolute atomic E-state index is 0.00311. The number of pyridine rings is 2. The first-order valence-corrected chi connectivity index (χ1v) is 11.5. The van der Waals surface area contributed by atoms with Crippen molar-refractivity contribution in [2.45, 2.75) is 57.4 Å². The number of aliphatic hydroxyl groups is 1. The van der Waals surface area contributed by atoms with Crippen molar-refractivity contribution in [3.63, 3.8) is 0 Å². The Kier molecular flexibility index (Phi) is 5.69. The van der Waals surface area contributed by atoms with Crippen molar-refractivity contribution < 1.29 is 9.90 Å². The largest absolute Gasteiger partial charge is 0.396 e. The summed E-state index contributed by atoms with van der Waals surface area (Å²) < 4.78 is 1.84. The van der Waals surface area contributed by atoms with Crippen LogP contribution in [-0.4, -0.2) is 44.2 Å². The lowest BCUT2D eigenvalue weighted by molar-refractivity contribution is -0.129. The number of nitrogens with one attached hydrogen (secondary N) is 1. The van der Waals surface area contributed by atoms with Crippen molar-refractivity contribution in [3.05, 3.63) is 69.9 Å². The Labute approximate surface area is 187 Å². The van der Waals surface area contributed by atoms with E-state index in [9.17, 15) is 14.7 Å². The van der Waals surface area contributed by atoms with Gasteiger partial charge in [-0.15, -0.1) is 0 Å². The zero-order valence-electron chi connectivity index (χ0n) is 18.4. The molecule has 2 aromatic heterocycles. The van der Waals surface area contributed by atoms with E-state index >= 15 is 0 Å². The minimum Gasteiger partial charge on any atom is -0.396 e. The molecule has 1 aliphatic carbocycles. The fraction of sp³-hybridized carbons (Fsp3) is 0.480. The molecule has 3 aliphatic rings. The SMILES string of the molecule is C/C=C/c1ccc2n(c1=O)C[C@H]1[C@H](CO)[C@@H](C(=O)NC3CCC3)N(Cc3ccncc3)[C@@H]21. The molecule has 2 N–H and O–H groups in total. The number of hydrogen-bond donors (Lipinski definition) is 2. The molecule has 2 fully saturated rings. The molecule has 32 heavy (non-hydrogen) atoms. The van der Waals surface area contributed by atoms with Crippen LogP contribution >= 0.6 is 0 Å². The fourth-order valence-corrected chi connectivity index (χ4v) is 5.65. The standard InChI is InChI=1S/C25H30N4O3/c1-2-4-17-7-8-21-22-19(14-28(21)25(17)32)20(15-30)23(24(31)27-18-5-3-6-18)29(22)13-16-9-11-26-12-10-16/h2,4,7-12,18-20,22-23,30H,3,5-6,13-15H2,1H3,(H,27,31)/b4-2+/t19-,20-,22+,23-/m0/s1. The van der Waals surface area contributed by atoms with E-state index in [1.54, 1.807) is 12.4 Å². The van der Waals surface area contributed by atoms with Crippen LogP contribution in [0.15, 0.2) is 47.5 Å². The summed E-state index contributed by atoms with van der Waals surface area (Å²) in [5.74, 6) is -0.226. The first-order chi connectivity index (χ1) is 15.6. The van der Waals surface area contributed by atoms with Crippen molar-refractivity contribution >= 4 is 12.0 Å². The number of allylic oxidation sites excluding steroid dienone is 1. The molecule has 1 saturated heterocycles. The molecule has 0 bridgehead atoms. The van der Waals surface area contributed by atoms with Crippen LogP contribution in [0.2, 0.25) is 0 Å². The van der Waals surface area contributed by atoms with Crippen LogP contribution < -0.4 is 10.9 Å². The Balaban J connectivity index is 1.55. The number of carbonyl (C=O) groups is 1. The van der Waals surface area contributed by atoms with Crippen LogP contribution in [0, 0.1) is 11.8 Å². The Morgan fingerprint density at radius 2 is 2.03 bits per heavy atom. The van der Waals surface area contributed by atoms with Gasteiger partial charge in [0, 0.05) is 61.2 Å². The van der Waals surface area contributed by atoms with Gasteiger partial charge >= 0.3 is 0 Å². The number of rotatable bonds is 6. The molecule has 7 heteroatoms. The Morgan fingerprint density at radius 1 is 1.25 bits per heavy atom. The molecule has 0 unspecified atom stereocenters. The highest BCUT2D eigenvalue weighted by Gasteiger charge is 2.55. The summed E-state index contributed by atoms with van der Waals surface area (Å²) in [6.45, 7) is 2.90. The van der Waals surface area contributed by atoms with E-state index in [4.69, 9.17) is 0 Å². The maximum absolute atomic E-state index is 13.4. The van der Waals surface area contributed by atoms with Crippen LogP contribution in [0.4, 0.5) is 0 Å². The van der Waals surface area contributed by atoms with Gasteiger partial charge in [0.2, 0.25) is 5.91 Å². The summed E-state index contributed by atoms with van der Waals surface area (Å²) in [5, 5.41) is 13.6. The van der Waals surface area contributed by atoms with Crippen LogP contribution in [0.5, 0.6) is 0 Å². The van der Waals surface area contributed by atoms with E-state index in [0.29, 0.717) is 18.7 Å². The maximum atomic E-state index is 13.4. The molecule has 2 aromatic rings. The molecule has 7 nitrogen and oxygen atoms in total. The van der Waals surface area contributed by atoms with Crippen LogP contribution in [0.25, 0.3) is 6.08 Å². The van der Waals surface area contributed by atoms with Gasteiger partial charge in [-0.05, 0) is 56.0 Å². The van der Waals surface area contributed by atoms with Crippen molar-refractivity contribution in [2.75, 3.05) is 6.61 Å². The van der Waals surface area contributed by atoms with Crippen molar-refractivity contribution in [1.82, 2.24) is 19.8 Å². The van der Waals surface area contributed by atoms with Gasteiger partial charge in [0.15, 0.2) is 0 Å². The van der Waals surface area contributed by atoms with E-state index in [1.807, 2.05) is 47.9 Å². The smallest absolute Gasteiger partial charge is 0.258 e. The number of hydrogen-bond acceptors (Lipinski definition) is 5. The molecule has 168 valence electrons. The number of likely N-dealkylation sites (tertiary alicyclic amines) is 1. The molecule has 1 saturated carbocycles. The number of amides is 1. The molecule has 0 radical (unpaired) electrons. The van der Waals surface area contributed by atoms with Crippen LogP contribution in [0.3, 0.4) is 0 Å². The molecular weight excluding hydrogens is 404 g/mol. The van der Waals surface area contributed by atoms with E-state index < -0.39 is 6.04 Å². The number of nitrogens with zero attached hydrogens (tertiary/aromatic N) is 3. The average Bonchev–Trinajstić information content (AvgIpc) is 3.29. The zero-order chi connectivity index (χ0) is 22.2. The van der Waals surface area contributed by atoms with E-state index in [-0.39, 0.29) is 42.0 Å². The molecule has 4 heterocycles. The predicted octanol–water partition coefficient (Wildman–Crippen LogP) is 2.11. The Morgan fingerprint density at radius 3 is 2.69 bits per heavy atom. The van der Waals surface area contributed by atoms with Gasteiger partial charge in [-0.3, -0.25) is 19.5 Å². The highest BCUT2D eigenvalue weighted by molar-refractivity contribution is 5.83. The fourth-order valence-electron chi connectivity index (χ4n) is 5.65. The third-order valence-corrected chi connectivity index (χ3v) is 7.40. The summed E-state index contributed by atoms with van der Waals surface area (Å²) in [6.07, 6.45) is 10.4. The second-order valence-electron chi connectivity index (χ2n) is 9.19. The minimum atomic E-state index is -0.428. The highest BCUT2D eigenvalue weighted by Crippen LogP contribution is 2.49. The average molecular weight is 435 g/mol. The Hall–Kier alpha value is -2.77. The summed E-state index contributed by atoms with van der Waals surface area (Å²) in [5.41, 5.74) is 2.65. The lowest BCUT2D eigenvalue weighted by Crippen LogP contribution is -2.52. The second-order valence-corrected chi connectivity index (χ2v) is 9.19. The van der Waals surface area contributed by atoms with Gasteiger partial charge in [0.1, 0.15) is 0 Å².